The van der Waals surface area contributed by atoms with Gasteiger partial charge in [0.1, 0.15) is 0 Å². The van der Waals surface area contributed by atoms with Crippen molar-refractivity contribution in [2.24, 2.45) is 0 Å². The number of hydrogen-bond donors (Lipinski definition) is 1. The van der Waals surface area contributed by atoms with Gasteiger partial charge in [-0.1, -0.05) is 102 Å². The summed E-state index contributed by atoms with van der Waals surface area (Å²) >= 11 is 8.27. The molecule has 0 aliphatic carbocycles. The van der Waals surface area contributed by atoms with E-state index in [0.29, 0.717) is 16.3 Å². The van der Waals surface area contributed by atoms with Crippen LogP contribution in [0.1, 0.15) is 23.5 Å². The number of hydrogen-bond acceptors (Lipinski definition) is 5. The lowest BCUT2D eigenvalue weighted by atomic mass is 9.88. The van der Waals surface area contributed by atoms with Gasteiger partial charge in [-0.2, -0.15) is 0 Å². The molecule has 0 aliphatic heterocycles. The van der Waals surface area contributed by atoms with E-state index < -0.39 is 0 Å². The molecule has 0 bridgehead atoms. The zero-order chi connectivity index (χ0) is 22.2. The van der Waals surface area contributed by atoms with E-state index in [2.05, 4.69) is 58.9 Å². The van der Waals surface area contributed by atoms with E-state index >= 15 is 0 Å². The fourth-order valence-corrected chi connectivity index (χ4v) is 5.67. The third-order valence-corrected chi connectivity index (χ3v) is 7.38. The zero-order valence-electron chi connectivity index (χ0n) is 17.4. The Kier molecular flexibility index (Phi) is 7.87. The number of carbonyl (C=O) groups excluding carboxylic acids is 1. The monoisotopic (exact) mass is 477 g/mol. The van der Waals surface area contributed by atoms with Gasteiger partial charge in [0.15, 0.2) is 8.29 Å². The highest BCUT2D eigenvalue weighted by atomic mass is 32.2. The number of rotatable bonds is 9. The standard InChI is InChI=1S/C25H23N3OS3/c29-23(18-31-24-27-28(25(30)32-24)21-14-8-3-9-15-21)26-17-16-22(19-10-4-1-5-11-19)20-12-6-2-7-13-20/h1-15,22H,16-18H2,(H,26,29). The van der Waals surface area contributed by atoms with E-state index in [-0.39, 0.29) is 11.8 Å². The smallest absolute Gasteiger partial charge is 0.230 e. The molecule has 0 fully saturated rings. The van der Waals surface area contributed by atoms with Crippen molar-refractivity contribution in [1.29, 1.82) is 0 Å². The summed E-state index contributed by atoms with van der Waals surface area (Å²) in [6.07, 6.45) is 0.839. The Hall–Kier alpha value is -2.74. The molecule has 4 nitrogen and oxygen atoms in total. The largest absolute Gasteiger partial charge is 0.355 e. The van der Waals surface area contributed by atoms with Crippen LogP contribution in [0.2, 0.25) is 0 Å². The molecule has 3 aromatic carbocycles. The minimum atomic E-state index is 0.00209. The van der Waals surface area contributed by atoms with E-state index in [4.69, 9.17) is 12.2 Å². The lowest BCUT2D eigenvalue weighted by Gasteiger charge is -2.18. The van der Waals surface area contributed by atoms with Gasteiger partial charge in [0.05, 0.1) is 11.4 Å². The van der Waals surface area contributed by atoms with Crippen LogP contribution >= 0.6 is 35.3 Å². The molecule has 7 heteroatoms. The number of nitrogens with one attached hydrogen (secondary N) is 1. The van der Waals surface area contributed by atoms with Gasteiger partial charge in [-0.3, -0.25) is 4.79 Å². The van der Waals surface area contributed by atoms with Crippen LogP contribution in [-0.4, -0.2) is 28.0 Å². The van der Waals surface area contributed by atoms with Crippen molar-refractivity contribution in [3.63, 3.8) is 0 Å². The molecule has 4 rings (SSSR count). The zero-order valence-corrected chi connectivity index (χ0v) is 19.8. The SMILES string of the molecule is O=C(CSc1nn(-c2ccccc2)c(=S)s1)NCCC(c1ccccc1)c1ccccc1. The number of amides is 1. The number of thioether (sulfide) groups is 1. The van der Waals surface area contributed by atoms with Gasteiger partial charge in [0.25, 0.3) is 0 Å². The van der Waals surface area contributed by atoms with Gasteiger partial charge in [0.2, 0.25) is 5.91 Å². The highest BCUT2D eigenvalue weighted by Gasteiger charge is 2.14. The van der Waals surface area contributed by atoms with Crippen molar-refractivity contribution in [3.8, 4) is 5.69 Å². The maximum Gasteiger partial charge on any atom is 0.230 e. The summed E-state index contributed by atoms with van der Waals surface area (Å²) < 4.78 is 3.21. The molecule has 0 atom stereocenters. The van der Waals surface area contributed by atoms with Crippen molar-refractivity contribution in [3.05, 3.63) is 106 Å². The van der Waals surface area contributed by atoms with Crippen LogP contribution in [0.15, 0.2) is 95.3 Å². The Labute approximate surface area is 201 Å². The quantitative estimate of drug-likeness (QED) is 0.234. The minimum Gasteiger partial charge on any atom is -0.355 e. The van der Waals surface area contributed by atoms with Gasteiger partial charge in [-0.15, -0.1) is 5.10 Å². The summed E-state index contributed by atoms with van der Waals surface area (Å²) in [5.74, 6) is 0.567. The predicted octanol–water partition coefficient (Wildman–Crippen LogP) is 6.09. The molecule has 1 aromatic heterocycles. The van der Waals surface area contributed by atoms with Gasteiger partial charge in [-0.05, 0) is 41.9 Å². The van der Waals surface area contributed by atoms with Crippen LogP contribution in [-0.2, 0) is 4.79 Å². The molecule has 32 heavy (non-hydrogen) atoms. The van der Waals surface area contributed by atoms with Gasteiger partial charge >= 0.3 is 0 Å². The van der Waals surface area contributed by atoms with Crippen LogP contribution in [0.3, 0.4) is 0 Å². The molecule has 0 spiro atoms. The molecule has 162 valence electrons. The van der Waals surface area contributed by atoms with E-state index in [1.165, 1.54) is 34.2 Å². The molecule has 4 aromatic rings. The molecular weight excluding hydrogens is 454 g/mol. The van der Waals surface area contributed by atoms with Crippen molar-refractivity contribution >= 4 is 41.2 Å². The predicted molar refractivity (Wildman–Crippen MR) is 135 cm³/mol. The van der Waals surface area contributed by atoms with Gasteiger partial charge < -0.3 is 5.32 Å². The third kappa shape index (κ3) is 5.94. The number of carbonyl (C=O) groups is 1. The minimum absolute atomic E-state index is 0.00209. The Morgan fingerprint density at radius 2 is 1.50 bits per heavy atom. The first-order valence-electron chi connectivity index (χ1n) is 10.4. The van der Waals surface area contributed by atoms with Crippen LogP contribution in [0.5, 0.6) is 0 Å². The van der Waals surface area contributed by atoms with Crippen molar-refractivity contribution in [2.75, 3.05) is 12.3 Å². The molecule has 1 N–H and O–H groups in total. The van der Waals surface area contributed by atoms with Gasteiger partial charge in [-0.25, -0.2) is 4.68 Å². The lowest BCUT2D eigenvalue weighted by Crippen LogP contribution is -2.27. The second-order valence-electron chi connectivity index (χ2n) is 7.18. The average Bonchev–Trinajstić information content (AvgIpc) is 3.22. The first-order chi connectivity index (χ1) is 15.7. The first-order valence-corrected chi connectivity index (χ1v) is 12.6. The Balaban J connectivity index is 1.31. The number of nitrogens with zero attached hydrogens (tertiary/aromatic N) is 2. The number of benzene rings is 3. The number of para-hydroxylation sites is 1. The van der Waals surface area contributed by atoms with Crippen molar-refractivity contribution < 1.29 is 4.79 Å². The maximum atomic E-state index is 12.4. The Morgan fingerprint density at radius 3 is 2.09 bits per heavy atom. The average molecular weight is 478 g/mol. The van der Waals surface area contributed by atoms with Crippen molar-refractivity contribution in [1.82, 2.24) is 15.1 Å². The van der Waals surface area contributed by atoms with E-state index in [0.717, 1.165) is 16.4 Å². The molecular formula is C25H23N3OS3. The molecule has 0 saturated carbocycles. The summed E-state index contributed by atoms with van der Waals surface area (Å²) in [5.41, 5.74) is 3.44. The molecule has 1 heterocycles. The molecule has 0 unspecified atom stereocenters. The van der Waals surface area contributed by atoms with E-state index in [1.807, 2.05) is 42.5 Å². The van der Waals surface area contributed by atoms with Crippen LogP contribution < -0.4 is 5.32 Å². The normalized spacial score (nSPS) is 10.9. The fraction of sp³-hybridized carbons (Fsp3) is 0.160. The Bertz CT molecular complexity index is 1150. The maximum absolute atomic E-state index is 12.4. The number of aromatic nitrogens is 2. The summed E-state index contributed by atoms with van der Waals surface area (Å²) in [5, 5.41) is 7.61. The summed E-state index contributed by atoms with van der Waals surface area (Å²) in [6.45, 7) is 0.613. The topological polar surface area (TPSA) is 46.9 Å². The van der Waals surface area contributed by atoms with Crippen molar-refractivity contribution in [2.45, 2.75) is 16.7 Å². The molecule has 0 saturated heterocycles. The van der Waals surface area contributed by atoms with Crippen LogP contribution in [0.25, 0.3) is 5.69 Å². The second-order valence-corrected chi connectivity index (χ2v) is 10.0. The second kappa shape index (κ2) is 11.2. The fourth-order valence-electron chi connectivity index (χ4n) is 3.48. The highest BCUT2D eigenvalue weighted by molar-refractivity contribution is 8.01. The highest BCUT2D eigenvalue weighted by Crippen LogP contribution is 2.27. The lowest BCUT2D eigenvalue weighted by molar-refractivity contribution is -0.118. The molecule has 0 aliphatic rings. The molecule has 1 amide bonds. The van der Waals surface area contributed by atoms with E-state index in [1.54, 1.807) is 4.68 Å². The Morgan fingerprint density at radius 1 is 0.938 bits per heavy atom. The summed E-state index contributed by atoms with van der Waals surface area (Å²) in [4.78, 5) is 12.4. The summed E-state index contributed by atoms with van der Waals surface area (Å²) in [6, 6.07) is 30.7. The van der Waals surface area contributed by atoms with Gasteiger partial charge in [0, 0.05) is 12.5 Å². The molecule has 0 radical (unpaired) electrons. The van der Waals surface area contributed by atoms with Crippen LogP contribution in [0.4, 0.5) is 0 Å². The van der Waals surface area contributed by atoms with Crippen LogP contribution in [0, 0.1) is 3.95 Å². The first kappa shape index (κ1) is 22.5. The van der Waals surface area contributed by atoms with E-state index in [9.17, 15) is 4.79 Å². The third-order valence-electron chi connectivity index (χ3n) is 5.02. The summed E-state index contributed by atoms with van der Waals surface area (Å²) in [7, 11) is 0.